The smallest absolute Gasteiger partial charge is 0.253 e. The number of hydrogen-bond acceptors (Lipinski definition) is 2. The van der Waals surface area contributed by atoms with Crippen molar-refractivity contribution in [2.24, 2.45) is 5.92 Å². The number of allylic oxidation sites excluding steroid dienone is 1. The van der Waals surface area contributed by atoms with E-state index in [2.05, 4.69) is 5.32 Å². The topological polar surface area (TPSA) is 46.2 Å². The van der Waals surface area contributed by atoms with E-state index in [1.807, 2.05) is 6.92 Å². The fourth-order valence-electron chi connectivity index (χ4n) is 1.08. The molecule has 0 spiro atoms. The van der Waals surface area contributed by atoms with Crippen molar-refractivity contribution in [3.05, 3.63) is 11.6 Å². The Kier molecular flexibility index (Phi) is 2.08. The van der Waals surface area contributed by atoms with Gasteiger partial charge in [-0.25, -0.2) is 0 Å². The Hall–Kier alpha value is -1.12. The molecule has 1 N–H and O–H groups in total. The van der Waals surface area contributed by atoms with Gasteiger partial charge in [0.15, 0.2) is 0 Å². The minimum atomic E-state index is -0.240. The largest absolute Gasteiger partial charge is 0.292 e. The normalized spacial score (nSPS) is 28.9. The summed E-state index contributed by atoms with van der Waals surface area (Å²) in [6, 6.07) is 0. The Morgan fingerprint density at radius 3 is 2.73 bits per heavy atom. The number of carbonyl (C=O) groups is 2. The Morgan fingerprint density at radius 2 is 2.18 bits per heavy atom. The van der Waals surface area contributed by atoms with Gasteiger partial charge in [-0.15, -0.1) is 0 Å². The molecule has 1 atom stereocenters. The molecule has 1 heterocycles. The van der Waals surface area contributed by atoms with Crippen LogP contribution in [0.5, 0.6) is 0 Å². The van der Waals surface area contributed by atoms with E-state index in [1.54, 1.807) is 13.0 Å². The van der Waals surface area contributed by atoms with Crippen LogP contribution in [0.2, 0.25) is 0 Å². The van der Waals surface area contributed by atoms with Gasteiger partial charge in [-0.05, 0) is 13.3 Å². The summed E-state index contributed by atoms with van der Waals surface area (Å²) in [4.78, 5) is 21.9. The number of imide groups is 1. The number of nitrogens with one attached hydrogen (secondary N) is 1. The highest BCUT2D eigenvalue weighted by atomic mass is 16.2. The first-order valence-electron chi connectivity index (χ1n) is 3.65. The summed E-state index contributed by atoms with van der Waals surface area (Å²) in [5, 5.41) is 2.28. The summed E-state index contributed by atoms with van der Waals surface area (Å²) in [5.74, 6) is -0.477. The first kappa shape index (κ1) is 7.98. The van der Waals surface area contributed by atoms with Gasteiger partial charge in [0.2, 0.25) is 5.91 Å². The van der Waals surface area contributed by atoms with Crippen molar-refractivity contribution in [1.82, 2.24) is 5.32 Å². The summed E-state index contributed by atoms with van der Waals surface area (Å²) in [5.41, 5.74) is 0.706. The molecule has 3 nitrogen and oxygen atoms in total. The average Bonchev–Trinajstić information content (AvgIpc) is 1.97. The monoisotopic (exact) mass is 153 g/mol. The molecule has 0 saturated carbocycles. The minimum absolute atomic E-state index is 0.0705. The molecule has 2 amide bonds. The van der Waals surface area contributed by atoms with Crippen molar-refractivity contribution >= 4 is 11.8 Å². The van der Waals surface area contributed by atoms with Crippen LogP contribution in [0.1, 0.15) is 20.3 Å². The molecule has 1 rings (SSSR count). The second-order valence-corrected chi connectivity index (χ2v) is 2.74. The quantitative estimate of drug-likeness (QED) is 0.409. The number of amides is 2. The zero-order valence-corrected chi connectivity index (χ0v) is 6.68. The van der Waals surface area contributed by atoms with Crippen LogP contribution in [-0.4, -0.2) is 11.8 Å². The second-order valence-electron chi connectivity index (χ2n) is 2.74. The summed E-state index contributed by atoms with van der Waals surface area (Å²) >= 11 is 0. The van der Waals surface area contributed by atoms with Crippen LogP contribution < -0.4 is 5.32 Å². The van der Waals surface area contributed by atoms with E-state index in [1.165, 1.54) is 0 Å². The van der Waals surface area contributed by atoms with Gasteiger partial charge in [0.05, 0.1) is 0 Å². The average molecular weight is 153 g/mol. The highest BCUT2D eigenvalue weighted by Gasteiger charge is 2.25. The maximum atomic E-state index is 11.0. The highest BCUT2D eigenvalue weighted by Crippen LogP contribution is 2.16. The summed E-state index contributed by atoms with van der Waals surface area (Å²) in [6.45, 7) is 3.61. The van der Waals surface area contributed by atoms with Crippen molar-refractivity contribution in [1.29, 1.82) is 0 Å². The van der Waals surface area contributed by atoms with Crippen LogP contribution in [0.3, 0.4) is 0 Å². The van der Waals surface area contributed by atoms with Crippen molar-refractivity contribution in [2.45, 2.75) is 20.3 Å². The predicted octanol–water partition coefficient (Wildman–Crippen LogP) is 0.615. The third kappa shape index (κ3) is 1.48. The van der Waals surface area contributed by atoms with Gasteiger partial charge in [0.25, 0.3) is 5.91 Å². The first-order chi connectivity index (χ1) is 5.15. The van der Waals surface area contributed by atoms with Crippen LogP contribution in [0.25, 0.3) is 0 Å². The maximum absolute atomic E-state index is 11.0. The molecular weight excluding hydrogens is 142 g/mol. The Morgan fingerprint density at radius 1 is 1.55 bits per heavy atom. The molecule has 0 aliphatic carbocycles. The zero-order chi connectivity index (χ0) is 8.43. The standard InChI is InChI=1S/C8H11NO2/c1-3-6-4-5(2)7(10)9-8(6)11/h3,5H,4H2,1-2H3,(H,9,10,11)/b6-3-. The third-order valence-electron chi connectivity index (χ3n) is 1.85. The lowest BCUT2D eigenvalue weighted by molar-refractivity contribution is -0.133. The minimum Gasteiger partial charge on any atom is -0.292 e. The SMILES string of the molecule is C/C=C1/CC(C)C(=O)NC1=O. The number of carbonyl (C=O) groups excluding carboxylic acids is 2. The van der Waals surface area contributed by atoms with Gasteiger partial charge < -0.3 is 0 Å². The van der Waals surface area contributed by atoms with E-state index in [-0.39, 0.29) is 17.7 Å². The number of piperidine rings is 1. The van der Waals surface area contributed by atoms with Crippen molar-refractivity contribution in [3.63, 3.8) is 0 Å². The summed E-state index contributed by atoms with van der Waals surface area (Å²) in [7, 11) is 0. The van der Waals surface area contributed by atoms with Gasteiger partial charge in [-0.2, -0.15) is 0 Å². The molecule has 11 heavy (non-hydrogen) atoms. The van der Waals surface area contributed by atoms with Gasteiger partial charge >= 0.3 is 0 Å². The van der Waals surface area contributed by atoms with Gasteiger partial charge in [0.1, 0.15) is 0 Å². The lowest BCUT2D eigenvalue weighted by Crippen LogP contribution is -2.41. The van der Waals surface area contributed by atoms with Crippen molar-refractivity contribution < 1.29 is 9.59 Å². The summed E-state index contributed by atoms with van der Waals surface area (Å²) < 4.78 is 0. The second kappa shape index (κ2) is 2.86. The van der Waals surface area contributed by atoms with Gasteiger partial charge in [-0.3, -0.25) is 14.9 Å². The van der Waals surface area contributed by atoms with E-state index in [0.717, 1.165) is 0 Å². The molecular formula is C8H11NO2. The molecule has 0 bridgehead atoms. The van der Waals surface area contributed by atoms with Crippen molar-refractivity contribution in [3.8, 4) is 0 Å². The molecule has 0 aromatic heterocycles. The highest BCUT2D eigenvalue weighted by molar-refractivity contribution is 6.07. The number of hydrogen-bond donors (Lipinski definition) is 1. The molecule has 1 unspecified atom stereocenters. The van der Waals surface area contributed by atoms with E-state index >= 15 is 0 Å². The van der Waals surface area contributed by atoms with Gasteiger partial charge in [-0.1, -0.05) is 13.0 Å². The molecule has 1 fully saturated rings. The van der Waals surface area contributed by atoms with E-state index in [0.29, 0.717) is 12.0 Å². The Balaban J connectivity index is 2.78. The van der Waals surface area contributed by atoms with Crippen LogP contribution in [0.4, 0.5) is 0 Å². The molecule has 1 saturated heterocycles. The fourth-order valence-corrected chi connectivity index (χ4v) is 1.08. The lowest BCUT2D eigenvalue weighted by atomic mass is 9.96. The number of rotatable bonds is 0. The lowest BCUT2D eigenvalue weighted by Gasteiger charge is -2.18. The first-order valence-corrected chi connectivity index (χ1v) is 3.65. The molecule has 0 radical (unpaired) electrons. The van der Waals surface area contributed by atoms with Crippen LogP contribution in [-0.2, 0) is 9.59 Å². The fraction of sp³-hybridized carbons (Fsp3) is 0.500. The zero-order valence-electron chi connectivity index (χ0n) is 6.68. The third-order valence-corrected chi connectivity index (χ3v) is 1.85. The Labute approximate surface area is 65.5 Å². The molecule has 0 aromatic rings. The van der Waals surface area contributed by atoms with Crippen LogP contribution in [0.15, 0.2) is 11.6 Å². The maximum Gasteiger partial charge on any atom is 0.253 e. The molecule has 3 heteroatoms. The summed E-state index contributed by atoms with van der Waals surface area (Å²) in [6.07, 6.45) is 2.32. The molecule has 0 aromatic carbocycles. The van der Waals surface area contributed by atoms with Crippen molar-refractivity contribution in [2.75, 3.05) is 0 Å². The van der Waals surface area contributed by atoms with E-state index in [4.69, 9.17) is 0 Å². The molecule has 60 valence electrons. The molecule has 1 aliphatic heterocycles. The van der Waals surface area contributed by atoms with Crippen LogP contribution in [0, 0.1) is 5.92 Å². The predicted molar refractivity (Wildman–Crippen MR) is 40.7 cm³/mol. The van der Waals surface area contributed by atoms with Gasteiger partial charge in [0, 0.05) is 11.5 Å². The van der Waals surface area contributed by atoms with E-state index < -0.39 is 0 Å². The Bertz CT molecular complexity index is 230. The molecule has 1 aliphatic rings. The van der Waals surface area contributed by atoms with E-state index in [9.17, 15) is 9.59 Å². The van der Waals surface area contributed by atoms with Crippen LogP contribution >= 0.6 is 0 Å².